The standard InChI is InChI=1S/C17H27NO/c1-13(2)12-15(4)18-17(19)14(3)10-11-16-8-6-5-7-9-16/h5-9,13-15H,10-12H2,1-4H3,(H,18,19)/t14-,15-/m0/s1. The molecule has 0 aliphatic rings. The van der Waals surface area contributed by atoms with Crippen LogP contribution in [0, 0.1) is 11.8 Å². The average molecular weight is 261 g/mol. The highest BCUT2D eigenvalue weighted by molar-refractivity contribution is 5.78. The predicted molar refractivity (Wildman–Crippen MR) is 81.0 cm³/mol. The van der Waals surface area contributed by atoms with Crippen LogP contribution in [-0.2, 0) is 11.2 Å². The zero-order chi connectivity index (χ0) is 14.3. The molecule has 0 bridgehead atoms. The van der Waals surface area contributed by atoms with Crippen molar-refractivity contribution in [2.75, 3.05) is 0 Å². The Morgan fingerprint density at radius 2 is 1.74 bits per heavy atom. The third-order valence-electron chi connectivity index (χ3n) is 3.37. The Hall–Kier alpha value is -1.31. The molecule has 2 atom stereocenters. The average Bonchev–Trinajstić information content (AvgIpc) is 2.36. The minimum Gasteiger partial charge on any atom is -0.353 e. The second-order valence-electron chi connectivity index (χ2n) is 5.96. The number of hydrogen-bond acceptors (Lipinski definition) is 1. The largest absolute Gasteiger partial charge is 0.353 e. The molecular formula is C17H27NO. The molecule has 0 aromatic heterocycles. The van der Waals surface area contributed by atoms with Crippen molar-refractivity contribution in [1.29, 1.82) is 0 Å². The van der Waals surface area contributed by atoms with E-state index in [4.69, 9.17) is 0 Å². The summed E-state index contributed by atoms with van der Waals surface area (Å²) in [6.45, 7) is 8.46. The van der Waals surface area contributed by atoms with Crippen molar-refractivity contribution in [2.24, 2.45) is 11.8 Å². The summed E-state index contributed by atoms with van der Waals surface area (Å²) in [6, 6.07) is 10.6. The first-order chi connectivity index (χ1) is 8.99. The number of carbonyl (C=O) groups is 1. The van der Waals surface area contributed by atoms with Crippen molar-refractivity contribution in [1.82, 2.24) is 5.32 Å². The maximum Gasteiger partial charge on any atom is 0.223 e. The lowest BCUT2D eigenvalue weighted by Gasteiger charge is -2.19. The number of amides is 1. The summed E-state index contributed by atoms with van der Waals surface area (Å²) in [7, 11) is 0. The Kier molecular flexibility index (Phi) is 6.61. The first kappa shape index (κ1) is 15.7. The van der Waals surface area contributed by atoms with Crippen LogP contribution in [0.4, 0.5) is 0 Å². The molecule has 0 fully saturated rings. The summed E-state index contributed by atoms with van der Waals surface area (Å²) in [5.74, 6) is 0.883. The second-order valence-corrected chi connectivity index (χ2v) is 5.96. The van der Waals surface area contributed by atoms with Crippen molar-refractivity contribution in [2.45, 2.75) is 53.0 Å². The topological polar surface area (TPSA) is 29.1 Å². The molecule has 0 radical (unpaired) electrons. The van der Waals surface area contributed by atoms with E-state index in [9.17, 15) is 4.79 Å². The van der Waals surface area contributed by atoms with Crippen LogP contribution in [0.15, 0.2) is 30.3 Å². The molecule has 106 valence electrons. The van der Waals surface area contributed by atoms with Gasteiger partial charge in [0.05, 0.1) is 0 Å². The molecule has 0 spiro atoms. The summed E-state index contributed by atoms with van der Waals surface area (Å²) in [5, 5.41) is 3.11. The van der Waals surface area contributed by atoms with Gasteiger partial charge in [-0.1, -0.05) is 51.1 Å². The van der Waals surface area contributed by atoms with E-state index in [-0.39, 0.29) is 17.9 Å². The van der Waals surface area contributed by atoms with Crippen LogP contribution in [0.2, 0.25) is 0 Å². The Morgan fingerprint density at radius 3 is 2.32 bits per heavy atom. The molecule has 19 heavy (non-hydrogen) atoms. The van der Waals surface area contributed by atoms with Crippen molar-refractivity contribution >= 4 is 5.91 Å². The monoisotopic (exact) mass is 261 g/mol. The lowest BCUT2D eigenvalue weighted by atomic mass is 9.99. The SMILES string of the molecule is CC(C)C[C@H](C)NC(=O)[C@@H](C)CCc1ccccc1. The zero-order valence-corrected chi connectivity index (χ0v) is 12.6. The quantitative estimate of drug-likeness (QED) is 0.794. The van der Waals surface area contributed by atoms with Gasteiger partial charge in [-0.3, -0.25) is 4.79 Å². The normalized spacial score (nSPS) is 14.2. The minimum absolute atomic E-state index is 0.0785. The maximum absolute atomic E-state index is 12.0. The second kappa shape index (κ2) is 7.98. The molecule has 1 rings (SSSR count). The fourth-order valence-electron chi connectivity index (χ4n) is 2.31. The van der Waals surface area contributed by atoms with Gasteiger partial charge in [-0.05, 0) is 37.7 Å². The number of nitrogens with one attached hydrogen (secondary N) is 1. The van der Waals surface area contributed by atoms with Gasteiger partial charge in [-0.2, -0.15) is 0 Å². The van der Waals surface area contributed by atoms with Crippen LogP contribution >= 0.6 is 0 Å². The number of rotatable bonds is 7. The van der Waals surface area contributed by atoms with Gasteiger partial charge in [0.25, 0.3) is 0 Å². The number of carbonyl (C=O) groups excluding carboxylic acids is 1. The van der Waals surface area contributed by atoms with Gasteiger partial charge >= 0.3 is 0 Å². The first-order valence-electron chi connectivity index (χ1n) is 7.33. The predicted octanol–water partition coefficient (Wildman–Crippen LogP) is 3.81. The fourth-order valence-corrected chi connectivity index (χ4v) is 2.31. The van der Waals surface area contributed by atoms with Crippen molar-refractivity contribution < 1.29 is 4.79 Å². The third-order valence-corrected chi connectivity index (χ3v) is 3.37. The van der Waals surface area contributed by atoms with E-state index >= 15 is 0 Å². The number of aryl methyl sites for hydroxylation is 1. The van der Waals surface area contributed by atoms with Crippen LogP contribution in [0.25, 0.3) is 0 Å². The van der Waals surface area contributed by atoms with Crippen molar-refractivity contribution in [3.63, 3.8) is 0 Å². The molecular weight excluding hydrogens is 234 g/mol. The summed E-state index contributed by atoms with van der Waals surface area (Å²) in [4.78, 5) is 12.0. The molecule has 1 aromatic rings. The van der Waals surface area contributed by atoms with Crippen molar-refractivity contribution in [3.05, 3.63) is 35.9 Å². The Labute approximate surface area is 117 Å². The molecule has 0 saturated heterocycles. The van der Waals surface area contributed by atoms with E-state index in [1.54, 1.807) is 0 Å². The van der Waals surface area contributed by atoms with Gasteiger partial charge in [0.1, 0.15) is 0 Å². The van der Waals surface area contributed by atoms with Crippen LogP contribution in [0.5, 0.6) is 0 Å². The lowest BCUT2D eigenvalue weighted by molar-refractivity contribution is -0.125. The Balaban J connectivity index is 2.32. The van der Waals surface area contributed by atoms with Crippen LogP contribution < -0.4 is 5.32 Å². The summed E-state index contributed by atoms with van der Waals surface area (Å²) in [6.07, 6.45) is 2.91. The summed E-state index contributed by atoms with van der Waals surface area (Å²) >= 11 is 0. The molecule has 0 aliphatic carbocycles. The highest BCUT2D eigenvalue weighted by atomic mass is 16.1. The summed E-state index contributed by atoms with van der Waals surface area (Å²) in [5.41, 5.74) is 1.30. The maximum atomic E-state index is 12.0. The Bertz CT molecular complexity index is 372. The highest BCUT2D eigenvalue weighted by Crippen LogP contribution is 2.11. The van der Waals surface area contributed by atoms with Crippen LogP contribution in [0.3, 0.4) is 0 Å². The van der Waals surface area contributed by atoms with E-state index in [1.807, 2.05) is 25.1 Å². The lowest BCUT2D eigenvalue weighted by Crippen LogP contribution is -2.37. The van der Waals surface area contributed by atoms with Gasteiger partial charge in [0.2, 0.25) is 5.91 Å². The van der Waals surface area contributed by atoms with Crippen LogP contribution in [0.1, 0.15) is 46.1 Å². The molecule has 2 heteroatoms. The fraction of sp³-hybridized carbons (Fsp3) is 0.588. The van der Waals surface area contributed by atoms with Gasteiger partial charge in [0, 0.05) is 12.0 Å². The van der Waals surface area contributed by atoms with Crippen LogP contribution in [-0.4, -0.2) is 11.9 Å². The highest BCUT2D eigenvalue weighted by Gasteiger charge is 2.15. The van der Waals surface area contributed by atoms with Gasteiger partial charge < -0.3 is 5.32 Å². The number of hydrogen-bond donors (Lipinski definition) is 1. The van der Waals surface area contributed by atoms with Gasteiger partial charge in [-0.25, -0.2) is 0 Å². The zero-order valence-electron chi connectivity index (χ0n) is 12.6. The molecule has 2 nitrogen and oxygen atoms in total. The van der Waals surface area contributed by atoms with E-state index in [0.29, 0.717) is 5.92 Å². The van der Waals surface area contributed by atoms with Crippen molar-refractivity contribution in [3.8, 4) is 0 Å². The minimum atomic E-state index is 0.0785. The van der Waals surface area contributed by atoms with Gasteiger partial charge in [0.15, 0.2) is 0 Å². The molecule has 0 saturated carbocycles. The molecule has 1 aromatic carbocycles. The summed E-state index contributed by atoms with van der Waals surface area (Å²) < 4.78 is 0. The van der Waals surface area contributed by atoms with E-state index < -0.39 is 0 Å². The Morgan fingerprint density at radius 1 is 1.11 bits per heavy atom. The third kappa shape index (κ3) is 6.42. The van der Waals surface area contributed by atoms with E-state index in [0.717, 1.165) is 19.3 Å². The molecule has 1 amide bonds. The first-order valence-corrected chi connectivity index (χ1v) is 7.33. The van der Waals surface area contributed by atoms with E-state index in [2.05, 4.69) is 38.2 Å². The molecule has 0 heterocycles. The molecule has 0 aliphatic heterocycles. The smallest absolute Gasteiger partial charge is 0.223 e. The number of benzene rings is 1. The van der Waals surface area contributed by atoms with E-state index in [1.165, 1.54) is 5.56 Å². The molecule has 0 unspecified atom stereocenters. The van der Waals surface area contributed by atoms with Gasteiger partial charge in [-0.15, -0.1) is 0 Å². The molecule has 1 N–H and O–H groups in total.